The van der Waals surface area contributed by atoms with Crippen LogP contribution in [-0.4, -0.2) is 26.2 Å². The van der Waals surface area contributed by atoms with E-state index >= 15 is 0 Å². The van der Waals surface area contributed by atoms with Gasteiger partial charge in [-0.25, -0.2) is 0 Å². The first-order valence-electron chi connectivity index (χ1n) is 4.69. The topological polar surface area (TPSA) is 24.1 Å². The molecule has 0 aliphatic carbocycles. The Balaban J connectivity index is 3.02. The summed E-state index contributed by atoms with van der Waals surface area (Å²) in [6.45, 7) is 6.64. The van der Waals surface area contributed by atoms with Gasteiger partial charge in [-0.3, -0.25) is 0 Å². The Labute approximate surface area is 70.8 Å². The summed E-state index contributed by atoms with van der Waals surface area (Å²) in [6, 6.07) is 0.684. The number of nitrogens with one attached hydrogen (secondary N) is 2. The highest BCUT2D eigenvalue weighted by atomic mass is 14.9. The summed E-state index contributed by atoms with van der Waals surface area (Å²) in [6.07, 6.45) is 3.95. The van der Waals surface area contributed by atoms with Gasteiger partial charge in [-0.1, -0.05) is 19.8 Å². The van der Waals surface area contributed by atoms with E-state index in [9.17, 15) is 0 Å². The molecule has 68 valence electrons. The lowest BCUT2D eigenvalue weighted by Crippen LogP contribution is -2.32. The Morgan fingerprint density at radius 3 is 2.55 bits per heavy atom. The van der Waals surface area contributed by atoms with Crippen molar-refractivity contribution >= 4 is 0 Å². The number of likely N-dealkylation sites (N-methyl/N-ethyl adjacent to an activating group) is 1. The molecule has 2 N–H and O–H groups in total. The van der Waals surface area contributed by atoms with Crippen LogP contribution in [0.15, 0.2) is 0 Å². The van der Waals surface area contributed by atoms with Crippen molar-refractivity contribution in [1.29, 1.82) is 0 Å². The Morgan fingerprint density at radius 1 is 1.27 bits per heavy atom. The van der Waals surface area contributed by atoms with Crippen molar-refractivity contribution in [3.05, 3.63) is 0 Å². The normalized spacial score (nSPS) is 13.4. The first-order valence-corrected chi connectivity index (χ1v) is 4.69. The summed E-state index contributed by atoms with van der Waals surface area (Å²) in [7, 11) is 1.98. The molecule has 0 aromatic heterocycles. The van der Waals surface area contributed by atoms with Crippen LogP contribution in [-0.2, 0) is 0 Å². The number of unbranched alkanes of at least 4 members (excludes halogenated alkanes) is 1. The predicted molar refractivity (Wildman–Crippen MR) is 50.9 cm³/mol. The van der Waals surface area contributed by atoms with Gasteiger partial charge in [0.1, 0.15) is 0 Å². The summed E-state index contributed by atoms with van der Waals surface area (Å²) >= 11 is 0. The molecule has 0 saturated heterocycles. The lowest BCUT2D eigenvalue weighted by molar-refractivity contribution is 0.493. The van der Waals surface area contributed by atoms with Crippen molar-refractivity contribution in [1.82, 2.24) is 10.6 Å². The summed E-state index contributed by atoms with van der Waals surface area (Å²) < 4.78 is 0. The van der Waals surface area contributed by atoms with Gasteiger partial charge in [0.25, 0.3) is 0 Å². The fraction of sp³-hybridized carbons (Fsp3) is 1.00. The van der Waals surface area contributed by atoms with Crippen LogP contribution < -0.4 is 10.6 Å². The standard InChI is InChI=1S/C9H22N2/c1-4-5-6-9(2)11-8-7-10-3/h9-11H,4-8H2,1-3H3. The Kier molecular flexibility index (Phi) is 7.96. The van der Waals surface area contributed by atoms with Gasteiger partial charge in [0, 0.05) is 19.1 Å². The van der Waals surface area contributed by atoms with E-state index in [0.29, 0.717) is 6.04 Å². The van der Waals surface area contributed by atoms with Crippen molar-refractivity contribution < 1.29 is 0 Å². The van der Waals surface area contributed by atoms with Crippen LogP contribution in [0, 0.1) is 0 Å². The highest BCUT2D eigenvalue weighted by Crippen LogP contribution is 1.98. The maximum absolute atomic E-state index is 3.46. The predicted octanol–water partition coefficient (Wildman–Crippen LogP) is 1.37. The van der Waals surface area contributed by atoms with E-state index in [-0.39, 0.29) is 0 Å². The number of hydrogen-bond donors (Lipinski definition) is 2. The molecular formula is C9H22N2. The molecule has 0 aromatic rings. The molecular weight excluding hydrogens is 136 g/mol. The highest BCUT2D eigenvalue weighted by Gasteiger charge is 1.97. The van der Waals surface area contributed by atoms with E-state index in [1.54, 1.807) is 0 Å². The average Bonchev–Trinajstić information content (AvgIpc) is 2.01. The zero-order chi connectivity index (χ0) is 8.53. The number of rotatable bonds is 7. The third-order valence-electron chi connectivity index (χ3n) is 1.86. The summed E-state index contributed by atoms with van der Waals surface area (Å²) in [4.78, 5) is 0. The summed E-state index contributed by atoms with van der Waals surface area (Å²) in [5.41, 5.74) is 0. The maximum atomic E-state index is 3.46. The molecule has 1 unspecified atom stereocenters. The zero-order valence-corrected chi connectivity index (χ0v) is 8.11. The van der Waals surface area contributed by atoms with Crippen molar-refractivity contribution in [3.63, 3.8) is 0 Å². The third-order valence-corrected chi connectivity index (χ3v) is 1.86. The summed E-state index contributed by atoms with van der Waals surface area (Å²) in [5, 5.41) is 6.57. The van der Waals surface area contributed by atoms with Crippen LogP contribution in [0.4, 0.5) is 0 Å². The van der Waals surface area contributed by atoms with Gasteiger partial charge in [-0.05, 0) is 20.4 Å². The molecule has 0 aliphatic rings. The smallest absolute Gasteiger partial charge is 0.00790 e. The molecule has 1 atom stereocenters. The fourth-order valence-corrected chi connectivity index (χ4v) is 1.06. The molecule has 2 nitrogen and oxygen atoms in total. The van der Waals surface area contributed by atoms with Crippen LogP contribution in [0.2, 0.25) is 0 Å². The van der Waals surface area contributed by atoms with Gasteiger partial charge in [0.15, 0.2) is 0 Å². The monoisotopic (exact) mass is 158 g/mol. The van der Waals surface area contributed by atoms with E-state index in [1.165, 1.54) is 19.3 Å². The van der Waals surface area contributed by atoms with Crippen LogP contribution >= 0.6 is 0 Å². The van der Waals surface area contributed by atoms with Crippen LogP contribution in [0.3, 0.4) is 0 Å². The molecule has 0 heterocycles. The second-order valence-electron chi connectivity index (χ2n) is 3.10. The second kappa shape index (κ2) is 8.02. The van der Waals surface area contributed by atoms with Crippen molar-refractivity contribution in [2.75, 3.05) is 20.1 Å². The van der Waals surface area contributed by atoms with Gasteiger partial charge in [0.05, 0.1) is 0 Å². The van der Waals surface area contributed by atoms with E-state index in [4.69, 9.17) is 0 Å². The summed E-state index contributed by atoms with van der Waals surface area (Å²) in [5.74, 6) is 0. The van der Waals surface area contributed by atoms with Gasteiger partial charge < -0.3 is 10.6 Å². The minimum atomic E-state index is 0.684. The molecule has 0 fully saturated rings. The quantitative estimate of drug-likeness (QED) is 0.547. The Bertz CT molecular complexity index is 74.0. The minimum Gasteiger partial charge on any atom is -0.318 e. The molecule has 0 amide bonds. The average molecular weight is 158 g/mol. The minimum absolute atomic E-state index is 0.684. The largest absolute Gasteiger partial charge is 0.318 e. The maximum Gasteiger partial charge on any atom is 0.00790 e. The SMILES string of the molecule is CCCCC(C)NCCNC. The molecule has 0 spiro atoms. The molecule has 0 bridgehead atoms. The number of hydrogen-bond acceptors (Lipinski definition) is 2. The van der Waals surface area contributed by atoms with Crippen LogP contribution in [0.25, 0.3) is 0 Å². The molecule has 2 heteroatoms. The second-order valence-corrected chi connectivity index (χ2v) is 3.10. The van der Waals surface area contributed by atoms with Gasteiger partial charge in [-0.2, -0.15) is 0 Å². The van der Waals surface area contributed by atoms with Crippen LogP contribution in [0.5, 0.6) is 0 Å². The lowest BCUT2D eigenvalue weighted by atomic mass is 10.1. The molecule has 11 heavy (non-hydrogen) atoms. The molecule has 0 aromatic carbocycles. The Morgan fingerprint density at radius 2 is 2.00 bits per heavy atom. The molecule has 0 aliphatic heterocycles. The van der Waals surface area contributed by atoms with Crippen molar-refractivity contribution in [2.45, 2.75) is 39.2 Å². The van der Waals surface area contributed by atoms with E-state index in [1.807, 2.05) is 7.05 Å². The zero-order valence-electron chi connectivity index (χ0n) is 8.11. The van der Waals surface area contributed by atoms with Gasteiger partial charge in [-0.15, -0.1) is 0 Å². The molecule has 0 rings (SSSR count). The van der Waals surface area contributed by atoms with Gasteiger partial charge in [0.2, 0.25) is 0 Å². The van der Waals surface area contributed by atoms with E-state index < -0.39 is 0 Å². The highest BCUT2D eigenvalue weighted by molar-refractivity contribution is 4.60. The molecule has 0 radical (unpaired) electrons. The molecule has 0 saturated carbocycles. The Hall–Kier alpha value is -0.0800. The van der Waals surface area contributed by atoms with Gasteiger partial charge >= 0.3 is 0 Å². The van der Waals surface area contributed by atoms with Crippen molar-refractivity contribution in [3.8, 4) is 0 Å². The first-order chi connectivity index (χ1) is 5.31. The first kappa shape index (κ1) is 10.9. The third kappa shape index (κ3) is 7.82. The lowest BCUT2D eigenvalue weighted by Gasteiger charge is -2.12. The van der Waals surface area contributed by atoms with Crippen LogP contribution in [0.1, 0.15) is 33.1 Å². The fourth-order valence-electron chi connectivity index (χ4n) is 1.06. The van der Waals surface area contributed by atoms with E-state index in [2.05, 4.69) is 24.5 Å². The van der Waals surface area contributed by atoms with E-state index in [0.717, 1.165) is 13.1 Å². The van der Waals surface area contributed by atoms with Crippen molar-refractivity contribution in [2.24, 2.45) is 0 Å².